The lowest BCUT2D eigenvalue weighted by Crippen LogP contribution is -2.43. The van der Waals surface area contributed by atoms with Crippen molar-refractivity contribution >= 4 is 34.2 Å². The third-order valence-electron chi connectivity index (χ3n) is 4.84. The van der Waals surface area contributed by atoms with Crippen LogP contribution in [0.25, 0.3) is 17.1 Å². The van der Waals surface area contributed by atoms with E-state index in [0.717, 1.165) is 5.56 Å². The second kappa shape index (κ2) is 11.7. The summed E-state index contributed by atoms with van der Waals surface area (Å²) in [5.41, 5.74) is 7.91. The van der Waals surface area contributed by atoms with E-state index in [2.05, 4.69) is 19.9 Å². The van der Waals surface area contributed by atoms with Gasteiger partial charge in [0.1, 0.15) is 18.2 Å². The number of carboxylic acids is 1. The van der Waals surface area contributed by atoms with Crippen LogP contribution < -0.4 is 10.5 Å². The molecular weight excluding hydrogens is 482 g/mol. The Morgan fingerprint density at radius 3 is 2.47 bits per heavy atom. The molecule has 0 aliphatic carbocycles. The fourth-order valence-corrected chi connectivity index (χ4v) is 4.43. The molecule has 34 heavy (non-hydrogen) atoms. The van der Waals surface area contributed by atoms with E-state index in [9.17, 15) is 18.3 Å². The summed E-state index contributed by atoms with van der Waals surface area (Å²) in [5.74, 6) is -0.947. The van der Waals surface area contributed by atoms with Crippen molar-refractivity contribution in [2.24, 2.45) is 5.73 Å². The van der Waals surface area contributed by atoms with E-state index in [1.807, 2.05) is 6.92 Å². The number of nitrogens with two attached hydrogens (primary N) is 1. The third kappa shape index (κ3) is 7.07. The molecule has 0 saturated carbocycles. The number of halogens is 1. The highest BCUT2D eigenvalue weighted by Crippen LogP contribution is 2.18. The molecule has 5 N–H and O–H groups in total. The Hall–Kier alpha value is -3.35. The quantitative estimate of drug-likeness (QED) is 0.224. The molecule has 182 valence electrons. The minimum absolute atomic E-state index is 0. The summed E-state index contributed by atoms with van der Waals surface area (Å²) in [6, 6.07) is 9.23. The Kier molecular flexibility index (Phi) is 9.24. The number of carbonyl (C=O) groups is 1. The zero-order valence-corrected chi connectivity index (χ0v) is 20.0. The molecule has 1 aromatic carbocycles. The average molecular weight is 508 g/mol. The van der Waals surface area contributed by atoms with E-state index in [0.29, 0.717) is 35.6 Å². The Morgan fingerprint density at radius 2 is 1.91 bits per heavy atom. The van der Waals surface area contributed by atoms with E-state index < -0.39 is 22.0 Å². The molecule has 0 amide bonds. The van der Waals surface area contributed by atoms with Crippen LogP contribution in [0.1, 0.15) is 31.0 Å². The number of aromatic nitrogens is 4. The number of sulfonamides is 1. The molecule has 13 heteroatoms. The highest BCUT2D eigenvalue weighted by molar-refractivity contribution is 7.89. The number of rotatable bonds is 11. The van der Waals surface area contributed by atoms with Gasteiger partial charge in [-0.3, -0.25) is 14.8 Å². The van der Waals surface area contributed by atoms with Gasteiger partial charge in [-0.05, 0) is 18.6 Å². The third-order valence-corrected chi connectivity index (χ3v) is 6.31. The average Bonchev–Trinajstić information content (AvgIpc) is 3.26. The van der Waals surface area contributed by atoms with Crippen LogP contribution in [0.2, 0.25) is 0 Å². The van der Waals surface area contributed by atoms with Crippen LogP contribution >= 0.6 is 12.4 Å². The zero-order chi connectivity index (χ0) is 24.0. The maximum atomic E-state index is 12.1. The van der Waals surface area contributed by atoms with Crippen LogP contribution in [-0.4, -0.2) is 56.9 Å². The van der Waals surface area contributed by atoms with Crippen molar-refractivity contribution in [2.75, 3.05) is 5.75 Å². The van der Waals surface area contributed by atoms with Gasteiger partial charge in [-0.25, -0.2) is 18.1 Å². The molecule has 0 bridgehead atoms. The number of imidazole rings is 1. The number of benzene rings is 1. The van der Waals surface area contributed by atoms with Crippen molar-refractivity contribution < 1.29 is 18.3 Å². The normalized spacial score (nSPS) is 12.0. The van der Waals surface area contributed by atoms with Gasteiger partial charge in [-0.1, -0.05) is 37.6 Å². The zero-order valence-electron chi connectivity index (χ0n) is 18.4. The maximum Gasteiger partial charge on any atom is 0.322 e. The minimum atomic E-state index is -3.70. The SMILES string of the molecule is CCCCS(=O)(=O)NC(Cc1cn(-c2ccc(-c3ccc(C(=N)N)cc3)nn2)cn1)C(=O)O.Cl. The van der Waals surface area contributed by atoms with Crippen LogP contribution in [-0.2, 0) is 21.2 Å². The van der Waals surface area contributed by atoms with Gasteiger partial charge in [-0.15, -0.1) is 22.6 Å². The molecule has 11 nitrogen and oxygen atoms in total. The first kappa shape index (κ1) is 26.9. The summed E-state index contributed by atoms with van der Waals surface area (Å²) in [6.07, 6.45) is 4.08. The summed E-state index contributed by atoms with van der Waals surface area (Å²) in [5, 5.41) is 25.3. The number of nitrogen functional groups attached to an aromatic ring is 1. The first-order chi connectivity index (χ1) is 15.7. The van der Waals surface area contributed by atoms with Gasteiger partial charge >= 0.3 is 5.97 Å². The Bertz CT molecular complexity index is 1230. The summed E-state index contributed by atoms with van der Waals surface area (Å²) in [6.45, 7) is 1.86. The van der Waals surface area contributed by atoms with Gasteiger partial charge < -0.3 is 10.8 Å². The summed E-state index contributed by atoms with van der Waals surface area (Å²) in [7, 11) is -3.70. The molecule has 0 fully saturated rings. The van der Waals surface area contributed by atoms with Gasteiger partial charge in [0.25, 0.3) is 0 Å². The highest BCUT2D eigenvalue weighted by atomic mass is 35.5. The van der Waals surface area contributed by atoms with Crippen molar-refractivity contribution in [3.05, 3.63) is 60.2 Å². The fourth-order valence-electron chi connectivity index (χ4n) is 3.03. The molecule has 3 rings (SSSR count). The Morgan fingerprint density at radius 1 is 1.21 bits per heavy atom. The van der Waals surface area contributed by atoms with Gasteiger partial charge in [0.15, 0.2) is 5.82 Å². The van der Waals surface area contributed by atoms with Gasteiger partial charge in [0.05, 0.1) is 17.1 Å². The summed E-state index contributed by atoms with van der Waals surface area (Å²) >= 11 is 0. The van der Waals surface area contributed by atoms with Gasteiger partial charge in [0.2, 0.25) is 10.0 Å². The number of aliphatic carboxylic acids is 1. The minimum Gasteiger partial charge on any atom is -0.480 e. The lowest BCUT2D eigenvalue weighted by Gasteiger charge is -2.13. The van der Waals surface area contributed by atoms with Crippen LogP contribution in [0.15, 0.2) is 48.9 Å². The van der Waals surface area contributed by atoms with E-state index >= 15 is 0 Å². The first-order valence-electron chi connectivity index (χ1n) is 10.2. The molecule has 0 radical (unpaired) electrons. The Balaban J connectivity index is 0.00000408. The van der Waals surface area contributed by atoms with Crippen molar-refractivity contribution in [2.45, 2.75) is 32.2 Å². The number of nitrogens with one attached hydrogen (secondary N) is 2. The number of unbranched alkanes of at least 4 members (excludes halogenated alkanes) is 1. The van der Waals surface area contributed by atoms with E-state index in [-0.39, 0.29) is 30.4 Å². The number of nitrogens with zero attached hydrogens (tertiary/aromatic N) is 4. The molecule has 2 heterocycles. The smallest absolute Gasteiger partial charge is 0.322 e. The molecule has 0 aliphatic rings. The van der Waals surface area contributed by atoms with Crippen molar-refractivity contribution in [1.82, 2.24) is 24.5 Å². The molecule has 1 atom stereocenters. The number of amidine groups is 1. The molecule has 3 aromatic rings. The van der Waals surface area contributed by atoms with Crippen molar-refractivity contribution in [3.8, 4) is 17.1 Å². The van der Waals surface area contributed by atoms with Crippen LogP contribution in [0.4, 0.5) is 0 Å². The van der Waals surface area contributed by atoms with E-state index in [4.69, 9.17) is 11.1 Å². The second-order valence-electron chi connectivity index (χ2n) is 7.43. The van der Waals surface area contributed by atoms with E-state index in [1.165, 1.54) is 6.33 Å². The molecule has 2 aromatic heterocycles. The predicted molar refractivity (Wildman–Crippen MR) is 130 cm³/mol. The maximum absolute atomic E-state index is 12.1. The van der Waals surface area contributed by atoms with Gasteiger partial charge in [-0.2, -0.15) is 0 Å². The number of carboxylic acid groups (broad SMARTS) is 1. The summed E-state index contributed by atoms with van der Waals surface area (Å²) in [4.78, 5) is 15.7. The van der Waals surface area contributed by atoms with E-state index in [1.54, 1.807) is 47.2 Å². The molecule has 1 unspecified atom stereocenters. The first-order valence-corrected chi connectivity index (χ1v) is 11.9. The molecule has 0 spiro atoms. The number of hydrogen-bond donors (Lipinski definition) is 4. The number of hydrogen-bond acceptors (Lipinski definition) is 7. The monoisotopic (exact) mass is 507 g/mol. The molecule has 0 aliphatic heterocycles. The van der Waals surface area contributed by atoms with Crippen molar-refractivity contribution in [3.63, 3.8) is 0 Å². The van der Waals surface area contributed by atoms with Crippen LogP contribution in [0.5, 0.6) is 0 Å². The Labute approximate surface area is 203 Å². The fraction of sp³-hybridized carbons (Fsp3) is 0.286. The highest BCUT2D eigenvalue weighted by Gasteiger charge is 2.25. The summed E-state index contributed by atoms with van der Waals surface area (Å²) < 4.78 is 28.0. The second-order valence-corrected chi connectivity index (χ2v) is 9.30. The molecular formula is C21H26ClN7O4S. The topological polar surface area (TPSA) is 177 Å². The lowest BCUT2D eigenvalue weighted by molar-refractivity contribution is -0.138. The molecule has 0 saturated heterocycles. The van der Waals surface area contributed by atoms with Crippen LogP contribution in [0, 0.1) is 5.41 Å². The lowest BCUT2D eigenvalue weighted by atomic mass is 10.1. The van der Waals surface area contributed by atoms with Gasteiger partial charge in [0, 0.05) is 23.7 Å². The van der Waals surface area contributed by atoms with Crippen molar-refractivity contribution in [1.29, 1.82) is 5.41 Å². The largest absolute Gasteiger partial charge is 0.480 e. The predicted octanol–water partition coefficient (Wildman–Crippen LogP) is 1.75. The standard InChI is InChI=1S/C21H25N7O4S.ClH/c1-2-3-10-33(31,32)27-18(21(29)30)11-16-12-28(13-24-16)19-9-8-17(25-26-19)14-4-6-15(7-5-14)20(22)23;/h4-9,12-13,18,27H,2-3,10-11H2,1H3,(H3,22,23)(H,29,30);1H. The van der Waals surface area contributed by atoms with Crippen LogP contribution in [0.3, 0.4) is 0 Å².